The average molecular weight is 977 g/mol. The van der Waals surface area contributed by atoms with Crippen LogP contribution in [0.15, 0.2) is 24.3 Å². The van der Waals surface area contributed by atoms with Crippen LogP contribution in [-0.2, 0) is 27.9 Å². The molecule has 2 fully saturated rings. The Labute approximate surface area is 394 Å². The third kappa shape index (κ3) is 13.4. The Balaban J connectivity index is 1.50. The van der Waals surface area contributed by atoms with E-state index in [9.17, 15) is 39.4 Å². The molecular weight excluding hydrogens is 909 g/mol. The fraction of sp³-hybridized carbons (Fsp3) is 0.644. The largest absolute Gasteiger partial charge is 0.493 e. The number of likely N-dealkylation sites (tertiary alicyclic amines) is 2. The normalized spacial score (nSPS) is 18.9. The number of nitro benzene ring substituents is 2. The summed E-state index contributed by atoms with van der Waals surface area (Å²) in [5.74, 6) is -2.32. The van der Waals surface area contributed by atoms with Crippen LogP contribution in [0.25, 0.3) is 0 Å². The summed E-state index contributed by atoms with van der Waals surface area (Å²) in [6.45, 7) is 23.6. The second-order valence-corrected chi connectivity index (χ2v) is 29.5. The Kier molecular flexibility index (Phi) is 17.6. The molecule has 2 saturated heterocycles. The Hall–Kier alpha value is -5.33. The molecule has 20 nitrogen and oxygen atoms in total. The van der Waals surface area contributed by atoms with E-state index in [0.29, 0.717) is 12.8 Å². The maximum absolute atomic E-state index is 14.2. The molecule has 4 rings (SSSR count). The van der Waals surface area contributed by atoms with Gasteiger partial charge in [-0.15, -0.1) is 0 Å². The molecule has 2 aromatic carbocycles. The number of hydrogen-bond acceptors (Lipinski definition) is 16. The molecule has 0 aromatic heterocycles. The Morgan fingerprint density at radius 1 is 0.627 bits per heavy atom. The average Bonchev–Trinajstić information content (AvgIpc) is 3.82. The molecule has 372 valence electrons. The first kappa shape index (κ1) is 54.3. The predicted octanol–water partition coefficient (Wildman–Crippen LogP) is 7.70. The van der Waals surface area contributed by atoms with E-state index < -0.39 is 85.9 Å². The molecule has 67 heavy (non-hydrogen) atoms. The lowest BCUT2D eigenvalue weighted by atomic mass is 10.1. The number of benzene rings is 2. The molecule has 0 N–H and O–H groups in total. The molecule has 2 aromatic rings. The monoisotopic (exact) mass is 976 g/mol. The van der Waals surface area contributed by atoms with Gasteiger partial charge in [0.1, 0.15) is 23.3 Å². The van der Waals surface area contributed by atoms with Gasteiger partial charge in [0.25, 0.3) is 23.2 Å². The number of hydrogen-bond donors (Lipinski definition) is 0. The molecule has 0 bridgehead atoms. The molecule has 0 radical (unpaired) electrons. The van der Waals surface area contributed by atoms with Gasteiger partial charge in [0.05, 0.1) is 87.8 Å². The van der Waals surface area contributed by atoms with Crippen molar-refractivity contribution in [1.82, 2.24) is 9.80 Å². The van der Waals surface area contributed by atoms with Crippen LogP contribution in [0.3, 0.4) is 0 Å². The van der Waals surface area contributed by atoms with Crippen LogP contribution in [-0.4, -0.2) is 138 Å². The zero-order valence-corrected chi connectivity index (χ0v) is 43.3. The summed E-state index contributed by atoms with van der Waals surface area (Å²) in [4.78, 5) is 78.5. The fourth-order valence-electron chi connectivity index (χ4n) is 7.26. The summed E-state index contributed by atoms with van der Waals surface area (Å²) in [5.41, 5.74) is -1.57. The van der Waals surface area contributed by atoms with Gasteiger partial charge in [0, 0.05) is 45.2 Å². The van der Waals surface area contributed by atoms with Crippen molar-refractivity contribution in [3.8, 4) is 23.0 Å². The van der Waals surface area contributed by atoms with Gasteiger partial charge in [-0.1, -0.05) is 41.5 Å². The van der Waals surface area contributed by atoms with Gasteiger partial charge < -0.3 is 47.1 Å². The van der Waals surface area contributed by atoms with Gasteiger partial charge in [-0.3, -0.25) is 39.4 Å². The minimum Gasteiger partial charge on any atom is -0.493 e. The number of rotatable bonds is 20. The van der Waals surface area contributed by atoms with Gasteiger partial charge in [-0.2, -0.15) is 0 Å². The first-order chi connectivity index (χ1) is 31.0. The van der Waals surface area contributed by atoms with Crippen LogP contribution >= 0.6 is 0 Å². The SMILES string of the molecule is COc1cc(C(=O)N2C[C@H](OC(C)=O)C[C@H]2CO[Si](C)(C)C(C)(C)C)c([N+](=O)[O-])cc1OCCCOc1cc([N+](=O)[O-])c(C(=O)N2C[C@H](OC(C)=O)C[C@H]2CO[Si](C)(C)C(C)(C)C)cc1OC. The molecule has 0 unspecified atom stereocenters. The summed E-state index contributed by atoms with van der Waals surface area (Å²) >= 11 is 0. The summed E-state index contributed by atoms with van der Waals surface area (Å²) in [5, 5.41) is 24.7. The number of nitro groups is 2. The number of amides is 2. The van der Waals surface area contributed by atoms with E-state index in [1.54, 1.807) is 0 Å². The second-order valence-electron chi connectivity index (χ2n) is 19.9. The van der Waals surface area contributed by atoms with Gasteiger partial charge in [-0.25, -0.2) is 0 Å². The Morgan fingerprint density at radius 3 is 1.25 bits per heavy atom. The van der Waals surface area contributed by atoms with E-state index in [1.165, 1.54) is 50.0 Å². The molecule has 2 heterocycles. The summed E-state index contributed by atoms with van der Waals surface area (Å²) < 4.78 is 46.6. The highest BCUT2D eigenvalue weighted by Gasteiger charge is 2.45. The zero-order valence-electron chi connectivity index (χ0n) is 41.3. The predicted molar refractivity (Wildman–Crippen MR) is 251 cm³/mol. The van der Waals surface area contributed by atoms with E-state index in [4.69, 9.17) is 37.3 Å². The maximum atomic E-state index is 14.2. The second kappa shape index (κ2) is 21.7. The molecule has 0 spiro atoms. The molecule has 22 heteroatoms. The Morgan fingerprint density at radius 2 is 0.970 bits per heavy atom. The van der Waals surface area contributed by atoms with Crippen molar-refractivity contribution in [2.75, 3.05) is 53.7 Å². The highest BCUT2D eigenvalue weighted by molar-refractivity contribution is 6.74. The van der Waals surface area contributed by atoms with Gasteiger partial charge in [0.2, 0.25) is 0 Å². The fourth-order valence-corrected chi connectivity index (χ4v) is 9.35. The number of ether oxygens (including phenoxy) is 6. The lowest BCUT2D eigenvalue weighted by molar-refractivity contribution is -0.385. The van der Waals surface area contributed by atoms with Crippen LogP contribution in [0.5, 0.6) is 23.0 Å². The molecular formula is C45H68N4O16Si2. The third-order valence-corrected chi connectivity index (χ3v) is 22.0. The van der Waals surface area contributed by atoms with Crippen molar-refractivity contribution in [2.45, 2.75) is 135 Å². The summed E-state index contributed by atoms with van der Waals surface area (Å²) in [7, 11) is -1.87. The lowest BCUT2D eigenvalue weighted by Gasteiger charge is -2.37. The number of carbonyl (C=O) groups is 4. The Bertz CT molecular complexity index is 2020. The van der Waals surface area contributed by atoms with Crippen molar-refractivity contribution in [3.05, 3.63) is 55.6 Å². The van der Waals surface area contributed by atoms with Gasteiger partial charge in [-0.05, 0) is 36.3 Å². The van der Waals surface area contributed by atoms with Crippen molar-refractivity contribution >= 4 is 51.8 Å². The van der Waals surface area contributed by atoms with Crippen molar-refractivity contribution in [1.29, 1.82) is 0 Å². The van der Waals surface area contributed by atoms with Gasteiger partial charge in [0.15, 0.2) is 39.6 Å². The van der Waals surface area contributed by atoms with E-state index in [2.05, 4.69) is 67.7 Å². The van der Waals surface area contributed by atoms with Crippen LogP contribution in [0.4, 0.5) is 11.4 Å². The smallest absolute Gasteiger partial charge is 0.302 e. The molecule has 0 saturated carbocycles. The standard InChI is InChI=1S/C45H68N4O16Si2/c1-28(50)64-32-18-30(26-62-66(11,12)44(3,4)5)46(24-32)42(52)34-20-38(58-9)40(22-36(34)48(54)55)60-16-15-17-61-41-23-37(49(56)57)35(21-39(41)59-10)43(53)47-25-33(65-29(2)51)19-31(47)27-63-67(13,14)45(6,7)8/h20-23,30-33H,15-19,24-27H2,1-14H3/t30-,31-,32+,33+/m0/s1. The highest BCUT2D eigenvalue weighted by Crippen LogP contribution is 2.41. The topological polar surface area (TPSA) is 235 Å². The molecule has 2 aliphatic heterocycles. The number of carbonyl (C=O) groups excluding carboxylic acids is 4. The first-order valence-electron chi connectivity index (χ1n) is 22.2. The minimum absolute atomic E-state index is 0.0126. The molecule has 2 amide bonds. The van der Waals surface area contributed by atoms with Crippen molar-refractivity contribution in [2.24, 2.45) is 0 Å². The maximum Gasteiger partial charge on any atom is 0.302 e. The van der Waals surface area contributed by atoms with Crippen molar-refractivity contribution in [3.63, 3.8) is 0 Å². The quantitative estimate of drug-likeness (QED) is 0.0406. The number of nitrogens with zero attached hydrogens (tertiary/aromatic N) is 4. The lowest BCUT2D eigenvalue weighted by Crippen LogP contribution is -2.46. The van der Waals surface area contributed by atoms with E-state index in [-0.39, 0.29) is 90.1 Å². The minimum atomic E-state index is -2.26. The third-order valence-electron chi connectivity index (χ3n) is 13.0. The van der Waals surface area contributed by atoms with Crippen LogP contribution in [0.2, 0.25) is 36.3 Å². The summed E-state index contributed by atoms with van der Waals surface area (Å²) in [6.07, 6.45) is -0.507. The molecule has 0 aliphatic carbocycles. The van der Waals surface area contributed by atoms with Gasteiger partial charge >= 0.3 is 11.9 Å². The number of esters is 2. The van der Waals surface area contributed by atoms with E-state index in [1.807, 2.05) is 0 Å². The van der Waals surface area contributed by atoms with E-state index in [0.717, 1.165) is 12.1 Å². The van der Waals surface area contributed by atoms with Crippen molar-refractivity contribution < 1.29 is 66.3 Å². The zero-order chi connectivity index (χ0) is 50.4. The molecule has 4 atom stereocenters. The molecule has 2 aliphatic rings. The van der Waals surface area contributed by atoms with Crippen LogP contribution in [0, 0.1) is 20.2 Å². The first-order valence-corrected chi connectivity index (χ1v) is 28.1. The highest BCUT2D eigenvalue weighted by atomic mass is 28.4. The summed E-state index contributed by atoms with van der Waals surface area (Å²) in [6, 6.07) is 3.64. The number of methoxy groups -OCH3 is 2. The van der Waals surface area contributed by atoms with Crippen LogP contribution < -0.4 is 18.9 Å². The van der Waals surface area contributed by atoms with Crippen LogP contribution in [0.1, 0.15) is 95.4 Å². The van der Waals surface area contributed by atoms with E-state index >= 15 is 0 Å².